The fourth-order valence-electron chi connectivity index (χ4n) is 1.36. The molecule has 1 amide bonds. The smallest absolute Gasteiger partial charge is 0.233 e. The average Bonchev–Trinajstić information content (AvgIpc) is 2.36. The summed E-state index contributed by atoms with van der Waals surface area (Å²) >= 11 is 1.64. The van der Waals surface area contributed by atoms with Crippen LogP contribution in [0.1, 0.15) is 26.3 Å². The number of nitrogens with two attached hydrogens (primary N) is 1. The predicted molar refractivity (Wildman–Crippen MR) is 85.7 cm³/mol. The highest BCUT2D eigenvalue weighted by atomic mass is 35.5. The second-order valence-corrected chi connectivity index (χ2v) is 6.35. The summed E-state index contributed by atoms with van der Waals surface area (Å²) in [6.07, 6.45) is 0. The summed E-state index contributed by atoms with van der Waals surface area (Å²) in [5.41, 5.74) is 6.50. The number of hydrogen-bond acceptors (Lipinski definition) is 3. The van der Waals surface area contributed by atoms with Crippen molar-refractivity contribution < 1.29 is 4.79 Å². The van der Waals surface area contributed by atoms with Crippen LogP contribution in [0.2, 0.25) is 0 Å². The van der Waals surface area contributed by atoms with Crippen LogP contribution in [0, 0.1) is 0 Å². The highest BCUT2D eigenvalue weighted by molar-refractivity contribution is 7.99. The van der Waals surface area contributed by atoms with Gasteiger partial charge in [-0.15, -0.1) is 24.2 Å². The third-order valence-electron chi connectivity index (χ3n) is 2.68. The summed E-state index contributed by atoms with van der Waals surface area (Å²) in [4.78, 5) is 12.0. The first-order valence-electron chi connectivity index (χ1n) is 6.12. The standard InChI is InChI=1S/C14H22N2OS.ClH/c1-11(13(17)16-14(2,3)10-15)18-9-12-7-5-4-6-8-12;/h4-8,11H,9-10,15H2,1-3H3,(H,16,17);1H. The zero-order valence-corrected chi connectivity index (χ0v) is 13.3. The Morgan fingerprint density at radius 1 is 1.37 bits per heavy atom. The first-order chi connectivity index (χ1) is 8.44. The van der Waals surface area contributed by atoms with Gasteiger partial charge in [0, 0.05) is 17.8 Å². The maximum absolute atomic E-state index is 12.0. The maximum Gasteiger partial charge on any atom is 0.233 e. The van der Waals surface area contributed by atoms with Gasteiger partial charge in [-0.05, 0) is 26.3 Å². The third kappa shape index (κ3) is 6.85. The van der Waals surface area contributed by atoms with E-state index < -0.39 is 0 Å². The fraction of sp³-hybridized carbons (Fsp3) is 0.500. The molecule has 108 valence electrons. The summed E-state index contributed by atoms with van der Waals surface area (Å²) in [7, 11) is 0. The molecular formula is C14H23ClN2OS. The van der Waals surface area contributed by atoms with Crippen LogP contribution in [0.3, 0.4) is 0 Å². The second kappa shape index (κ2) is 8.46. The molecule has 1 unspecified atom stereocenters. The molecule has 0 aromatic heterocycles. The van der Waals surface area contributed by atoms with E-state index in [0.717, 1.165) is 5.75 Å². The lowest BCUT2D eigenvalue weighted by Gasteiger charge is -2.26. The molecular weight excluding hydrogens is 280 g/mol. The van der Waals surface area contributed by atoms with E-state index in [4.69, 9.17) is 5.73 Å². The molecule has 0 fully saturated rings. The van der Waals surface area contributed by atoms with Crippen molar-refractivity contribution in [3.8, 4) is 0 Å². The number of amides is 1. The van der Waals surface area contributed by atoms with Gasteiger partial charge in [-0.1, -0.05) is 30.3 Å². The number of carbonyl (C=O) groups excluding carboxylic acids is 1. The molecule has 1 aromatic carbocycles. The zero-order chi connectivity index (χ0) is 13.6. The predicted octanol–water partition coefficient (Wildman–Crippen LogP) is 2.58. The van der Waals surface area contributed by atoms with Crippen molar-refractivity contribution in [2.45, 2.75) is 37.3 Å². The van der Waals surface area contributed by atoms with Crippen LogP contribution in [-0.4, -0.2) is 23.2 Å². The largest absolute Gasteiger partial charge is 0.349 e. The molecule has 1 rings (SSSR count). The average molecular weight is 303 g/mol. The van der Waals surface area contributed by atoms with Gasteiger partial charge in [0.2, 0.25) is 5.91 Å². The highest BCUT2D eigenvalue weighted by Gasteiger charge is 2.22. The van der Waals surface area contributed by atoms with Crippen molar-refractivity contribution in [1.29, 1.82) is 0 Å². The summed E-state index contributed by atoms with van der Waals surface area (Å²) in [6.45, 7) is 6.23. The Morgan fingerprint density at radius 3 is 2.47 bits per heavy atom. The van der Waals surface area contributed by atoms with E-state index in [1.807, 2.05) is 39.0 Å². The molecule has 0 bridgehead atoms. The minimum absolute atomic E-state index is 0. The Hall–Kier alpha value is -0.710. The van der Waals surface area contributed by atoms with E-state index in [1.165, 1.54) is 5.56 Å². The van der Waals surface area contributed by atoms with Crippen molar-refractivity contribution in [3.05, 3.63) is 35.9 Å². The molecule has 0 aliphatic rings. The molecule has 3 nitrogen and oxygen atoms in total. The van der Waals surface area contributed by atoms with Gasteiger partial charge in [-0.3, -0.25) is 4.79 Å². The van der Waals surface area contributed by atoms with Crippen LogP contribution in [0.4, 0.5) is 0 Å². The van der Waals surface area contributed by atoms with Crippen molar-refractivity contribution in [1.82, 2.24) is 5.32 Å². The van der Waals surface area contributed by atoms with Crippen LogP contribution >= 0.6 is 24.2 Å². The van der Waals surface area contributed by atoms with E-state index in [-0.39, 0.29) is 29.1 Å². The molecule has 1 aromatic rings. The normalized spacial score (nSPS) is 12.4. The first-order valence-corrected chi connectivity index (χ1v) is 7.17. The van der Waals surface area contributed by atoms with Crippen molar-refractivity contribution >= 4 is 30.1 Å². The number of benzene rings is 1. The van der Waals surface area contributed by atoms with Crippen LogP contribution < -0.4 is 11.1 Å². The summed E-state index contributed by atoms with van der Waals surface area (Å²) in [5, 5.41) is 2.88. The summed E-state index contributed by atoms with van der Waals surface area (Å²) in [5.74, 6) is 0.893. The van der Waals surface area contributed by atoms with Gasteiger partial charge in [-0.25, -0.2) is 0 Å². The number of hydrogen-bond donors (Lipinski definition) is 2. The van der Waals surface area contributed by atoms with Gasteiger partial charge in [0.1, 0.15) is 0 Å². The minimum Gasteiger partial charge on any atom is -0.349 e. The summed E-state index contributed by atoms with van der Waals surface area (Å²) < 4.78 is 0. The summed E-state index contributed by atoms with van der Waals surface area (Å²) in [6, 6.07) is 10.2. The lowest BCUT2D eigenvalue weighted by atomic mass is 10.1. The number of carbonyl (C=O) groups is 1. The quantitative estimate of drug-likeness (QED) is 0.849. The molecule has 5 heteroatoms. The number of thioether (sulfide) groups is 1. The maximum atomic E-state index is 12.0. The van der Waals surface area contributed by atoms with E-state index in [0.29, 0.717) is 6.54 Å². The van der Waals surface area contributed by atoms with E-state index in [9.17, 15) is 4.79 Å². The van der Waals surface area contributed by atoms with Crippen molar-refractivity contribution in [2.24, 2.45) is 5.73 Å². The van der Waals surface area contributed by atoms with Gasteiger partial charge < -0.3 is 11.1 Å². The highest BCUT2D eigenvalue weighted by Crippen LogP contribution is 2.18. The molecule has 0 aliphatic carbocycles. The minimum atomic E-state index is -0.335. The van der Waals surface area contributed by atoms with Gasteiger partial charge in [0.25, 0.3) is 0 Å². The molecule has 0 heterocycles. The number of nitrogens with one attached hydrogen (secondary N) is 1. The molecule has 0 aliphatic heterocycles. The van der Waals surface area contributed by atoms with Crippen LogP contribution in [-0.2, 0) is 10.5 Å². The SMILES string of the molecule is CC(SCc1ccccc1)C(=O)NC(C)(C)CN.Cl. The molecule has 1 atom stereocenters. The van der Waals surface area contributed by atoms with E-state index in [2.05, 4.69) is 17.4 Å². The topological polar surface area (TPSA) is 55.1 Å². The lowest BCUT2D eigenvalue weighted by Crippen LogP contribution is -2.51. The lowest BCUT2D eigenvalue weighted by molar-refractivity contribution is -0.121. The van der Waals surface area contributed by atoms with Gasteiger partial charge in [-0.2, -0.15) is 0 Å². The van der Waals surface area contributed by atoms with Crippen LogP contribution in [0.25, 0.3) is 0 Å². The molecule has 0 radical (unpaired) electrons. The van der Waals surface area contributed by atoms with Crippen molar-refractivity contribution in [3.63, 3.8) is 0 Å². The molecule has 3 N–H and O–H groups in total. The monoisotopic (exact) mass is 302 g/mol. The Balaban J connectivity index is 0.00000324. The molecule has 0 spiro atoms. The Kier molecular flexibility index (Phi) is 8.14. The van der Waals surface area contributed by atoms with Crippen molar-refractivity contribution in [2.75, 3.05) is 6.54 Å². The van der Waals surface area contributed by atoms with E-state index in [1.54, 1.807) is 11.8 Å². The fourth-order valence-corrected chi connectivity index (χ4v) is 2.20. The van der Waals surface area contributed by atoms with Crippen LogP contribution in [0.15, 0.2) is 30.3 Å². The number of rotatable bonds is 6. The second-order valence-electron chi connectivity index (χ2n) is 5.02. The zero-order valence-electron chi connectivity index (χ0n) is 11.7. The van der Waals surface area contributed by atoms with E-state index >= 15 is 0 Å². The Morgan fingerprint density at radius 2 is 1.95 bits per heavy atom. The molecule has 19 heavy (non-hydrogen) atoms. The number of halogens is 1. The van der Waals surface area contributed by atoms with Gasteiger partial charge >= 0.3 is 0 Å². The van der Waals surface area contributed by atoms with Crippen LogP contribution in [0.5, 0.6) is 0 Å². The Labute approximate surface area is 126 Å². The molecule has 0 saturated heterocycles. The Bertz CT molecular complexity index is 384. The molecule has 0 saturated carbocycles. The van der Waals surface area contributed by atoms with Gasteiger partial charge in [0.05, 0.1) is 5.25 Å². The van der Waals surface area contributed by atoms with Gasteiger partial charge in [0.15, 0.2) is 0 Å². The first kappa shape index (κ1) is 18.3. The third-order valence-corrected chi connectivity index (χ3v) is 3.90.